The van der Waals surface area contributed by atoms with E-state index in [9.17, 15) is 27.9 Å². The van der Waals surface area contributed by atoms with E-state index in [0.29, 0.717) is 17.2 Å². The molecular weight excluding hydrogens is 361 g/mol. The molecule has 0 bridgehead atoms. The zero-order valence-corrected chi connectivity index (χ0v) is 14.4. The number of nitrogens with zero attached hydrogens (tertiary/aromatic N) is 2. The Kier molecular flexibility index (Phi) is 5.34. The lowest BCUT2D eigenvalue weighted by atomic mass is 9.84. The lowest BCUT2D eigenvalue weighted by molar-refractivity contribution is -0.140. The minimum Gasteiger partial charge on any atom is -0.481 e. The maximum Gasteiger partial charge on any atom is 0.421 e. The molecule has 1 aliphatic carbocycles. The Morgan fingerprint density at radius 1 is 1.19 bits per heavy atom. The van der Waals surface area contributed by atoms with Crippen LogP contribution in [-0.2, 0) is 17.5 Å². The topological polar surface area (TPSA) is 72.2 Å². The minimum absolute atomic E-state index is 0.0982. The van der Waals surface area contributed by atoms with Crippen molar-refractivity contribution in [2.24, 2.45) is 5.92 Å². The van der Waals surface area contributed by atoms with Crippen LogP contribution in [0.5, 0.6) is 0 Å². The number of aliphatic carboxylic acids is 1. The third-order valence-electron chi connectivity index (χ3n) is 5.03. The highest BCUT2D eigenvalue weighted by atomic mass is 19.4. The number of halogens is 3. The molecule has 1 aromatic carbocycles. The summed E-state index contributed by atoms with van der Waals surface area (Å²) in [4.78, 5) is 23.6. The Labute approximate surface area is 153 Å². The molecule has 1 unspecified atom stereocenters. The average molecular weight is 380 g/mol. The van der Waals surface area contributed by atoms with Crippen molar-refractivity contribution >= 4 is 5.97 Å². The van der Waals surface area contributed by atoms with Crippen molar-refractivity contribution in [2.75, 3.05) is 0 Å². The van der Waals surface area contributed by atoms with Crippen molar-refractivity contribution < 1.29 is 23.1 Å². The van der Waals surface area contributed by atoms with E-state index < -0.39 is 29.2 Å². The van der Waals surface area contributed by atoms with E-state index in [-0.39, 0.29) is 12.5 Å². The Morgan fingerprint density at radius 3 is 2.37 bits per heavy atom. The predicted molar refractivity (Wildman–Crippen MR) is 91.4 cm³/mol. The van der Waals surface area contributed by atoms with Crippen molar-refractivity contribution in [1.82, 2.24) is 9.78 Å². The molecule has 1 aromatic heterocycles. The molecule has 0 saturated heterocycles. The van der Waals surface area contributed by atoms with Crippen LogP contribution in [0.2, 0.25) is 0 Å². The second-order valence-corrected chi connectivity index (χ2v) is 6.81. The van der Waals surface area contributed by atoms with Gasteiger partial charge in [-0.15, -0.1) is 0 Å². The zero-order valence-electron chi connectivity index (χ0n) is 14.4. The van der Waals surface area contributed by atoms with Gasteiger partial charge in [0, 0.05) is 6.20 Å². The van der Waals surface area contributed by atoms with Crippen molar-refractivity contribution in [3.05, 3.63) is 63.6 Å². The van der Waals surface area contributed by atoms with Crippen LogP contribution in [0.4, 0.5) is 13.2 Å². The molecule has 0 radical (unpaired) electrons. The fourth-order valence-electron chi connectivity index (χ4n) is 3.69. The van der Waals surface area contributed by atoms with E-state index in [0.717, 1.165) is 36.6 Å². The Balaban J connectivity index is 1.82. The van der Waals surface area contributed by atoms with Gasteiger partial charge in [0.2, 0.25) is 0 Å². The maximum atomic E-state index is 12.8. The highest BCUT2D eigenvalue weighted by molar-refractivity contribution is 5.76. The molecule has 1 heterocycles. The van der Waals surface area contributed by atoms with Gasteiger partial charge in [-0.1, -0.05) is 37.1 Å². The molecule has 1 fully saturated rings. The van der Waals surface area contributed by atoms with Crippen LogP contribution in [0.25, 0.3) is 0 Å². The first-order valence-corrected chi connectivity index (χ1v) is 8.72. The molecule has 144 valence electrons. The molecule has 1 atom stereocenters. The second-order valence-electron chi connectivity index (χ2n) is 6.81. The van der Waals surface area contributed by atoms with Crippen molar-refractivity contribution in [2.45, 2.75) is 44.3 Å². The first kappa shape index (κ1) is 19.1. The number of carboxylic acids is 1. The molecule has 27 heavy (non-hydrogen) atoms. The molecule has 1 aliphatic rings. The van der Waals surface area contributed by atoms with Gasteiger partial charge in [-0.3, -0.25) is 9.59 Å². The van der Waals surface area contributed by atoms with E-state index in [1.807, 2.05) is 0 Å². The normalized spacial score (nSPS) is 16.4. The highest BCUT2D eigenvalue weighted by Gasteiger charge is 2.35. The smallest absolute Gasteiger partial charge is 0.421 e. The molecule has 0 spiro atoms. The van der Waals surface area contributed by atoms with Gasteiger partial charge in [-0.05, 0) is 36.0 Å². The van der Waals surface area contributed by atoms with Crippen molar-refractivity contribution in [1.29, 1.82) is 0 Å². The van der Waals surface area contributed by atoms with Gasteiger partial charge in [-0.25, -0.2) is 4.68 Å². The standard InChI is InChI=1S/C19H19F3N2O3/c20-19(21,22)15-9-10-23-24(17(15)25)11-12-5-7-14(8-6-12)16(18(26)27)13-3-1-2-4-13/h5-10,13,16H,1-4,11H2,(H,26,27). The largest absolute Gasteiger partial charge is 0.481 e. The third-order valence-corrected chi connectivity index (χ3v) is 5.03. The quantitative estimate of drug-likeness (QED) is 0.859. The average Bonchev–Trinajstić information content (AvgIpc) is 3.11. The van der Waals surface area contributed by atoms with Crippen LogP contribution in [0.15, 0.2) is 41.3 Å². The molecule has 2 aromatic rings. The summed E-state index contributed by atoms with van der Waals surface area (Å²) in [6, 6.07) is 7.26. The summed E-state index contributed by atoms with van der Waals surface area (Å²) in [6.45, 7) is -0.121. The number of hydrogen-bond acceptors (Lipinski definition) is 3. The fraction of sp³-hybridized carbons (Fsp3) is 0.421. The van der Waals surface area contributed by atoms with Gasteiger partial charge in [0.1, 0.15) is 5.56 Å². The molecule has 5 nitrogen and oxygen atoms in total. The summed E-state index contributed by atoms with van der Waals surface area (Å²) < 4.78 is 39.3. The SMILES string of the molecule is O=C(O)C(c1ccc(Cn2nccc(C(F)(F)F)c2=O)cc1)C1CCCC1. The summed E-state index contributed by atoms with van der Waals surface area (Å²) in [7, 11) is 0. The van der Waals surface area contributed by atoms with Crippen molar-refractivity contribution in [3.63, 3.8) is 0 Å². The number of hydrogen-bond donors (Lipinski definition) is 1. The molecule has 0 aliphatic heterocycles. The van der Waals surface area contributed by atoms with E-state index >= 15 is 0 Å². The molecule has 0 amide bonds. The van der Waals surface area contributed by atoms with Crippen LogP contribution >= 0.6 is 0 Å². The van der Waals surface area contributed by atoms with E-state index in [1.54, 1.807) is 24.3 Å². The van der Waals surface area contributed by atoms with Gasteiger partial charge >= 0.3 is 12.1 Å². The first-order chi connectivity index (χ1) is 12.8. The van der Waals surface area contributed by atoms with Gasteiger partial charge in [0.25, 0.3) is 5.56 Å². The third kappa shape index (κ3) is 4.20. The van der Waals surface area contributed by atoms with Gasteiger partial charge in [0.05, 0.1) is 12.5 Å². The summed E-state index contributed by atoms with van der Waals surface area (Å²) >= 11 is 0. The van der Waals surface area contributed by atoms with E-state index in [2.05, 4.69) is 5.10 Å². The lowest BCUT2D eigenvalue weighted by Crippen LogP contribution is -2.30. The molecule has 1 saturated carbocycles. The maximum absolute atomic E-state index is 12.8. The number of alkyl halides is 3. The Hall–Kier alpha value is -2.64. The van der Waals surface area contributed by atoms with Crippen molar-refractivity contribution in [3.8, 4) is 0 Å². The lowest BCUT2D eigenvalue weighted by Gasteiger charge is -2.20. The number of carboxylic acid groups (broad SMARTS) is 1. The number of benzene rings is 1. The highest BCUT2D eigenvalue weighted by Crippen LogP contribution is 2.37. The number of rotatable bonds is 5. The molecule has 8 heteroatoms. The molecular formula is C19H19F3N2O3. The second kappa shape index (κ2) is 7.54. The minimum atomic E-state index is -4.73. The summed E-state index contributed by atoms with van der Waals surface area (Å²) in [5.74, 6) is -1.36. The van der Waals surface area contributed by atoms with Crippen LogP contribution < -0.4 is 5.56 Å². The Morgan fingerprint density at radius 2 is 1.81 bits per heavy atom. The van der Waals surface area contributed by atoms with Gasteiger partial charge in [0.15, 0.2) is 0 Å². The van der Waals surface area contributed by atoms with Gasteiger partial charge in [-0.2, -0.15) is 18.3 Å². The predicted octanol–water partition coefficient (Wildman–Crippen LogP) is 3.67. The zero-order chi connectivity index (χ0) is 19.6. The van der Waals surface area contributed by atoms with Crippen LogP contribution in [0.1, 0.15) is 48.3 Å². The summed E-state index contributed by atoms with van der Waals surface area (Å²) in [5.41, 5.74) is -1.23. The molecule has 1 N–H and O–H groups in total. The van der Waals surface area contributed by atoms with E-state index in [1.165, 1.54) is 0 Å². The Bertz CT molecular complexity index is 869. The first-order valence-electron chi connectivity index (χ1n) is 8.72. The monoisotopic (exact) mass is 380 g/mol. The number of carbonyl (C=O) groups is 1. The van der Waals surface area contributed by atoms with E-state index in [4.69, 9.17) is 0 Å². The summed E-state index contributed by atoms with van der Waals surface area (Å²) in [5, 5.41) is 13.3. The number of aromatic nitrogens is 2. The fourth-order valence-corrected chi connectivity index (χ4v) is 3.69. The summed E-state index contributed by atoms with van der Waals surface area (Å²) in [6.07, 6.45) is 0.0125. The van der Waals surface area contributed by atoms with Gasteiger partial charge < -0.3 is 5.11 Å². The van der Waals surface area contributed by atoms with Crippen LogP contribution in [0.3, 0.4) is 0 Å². The van der Waals surface area contributed by atoms with Crippen LogP contribution in [0, 0.1) is 5.92 Å². The van der Waals surface area contributed by atoms with Crippen LogP contribution in [-0.4, -0.2) is 20.9 Å². The molecule has 3 rings (SSSR count).